The molecule has 1 aromatic carbocycles. The zero-order valence-corrected chi connectivity index (χ0v) is 11.2. The number of amides is 1. The first kappa shape index (κ1) is 15.8. The van der Waals surface area contributed by atoms with Crippen LogP contribution in [0.1, 0.15) is 35.7 Å². The molecule has 0 radical (unpaired) electrons. The number of hydrogen-bond acceptors (Lipinski definition) is 1. The van der Waals surface area contributed by atoms with Gasteiger partial charge in [-0.1, -0.05) is 25.5 Å². The summed E-state index contributed by atoms with van der Waals surface area (Å²) < 4.78 is 38.2. The highest BCUT2D eigenvalue weighted by Gasteiger charge is 2.34. The molecule has 0 aliphatic rings. The topological polar surface area (TPSA) is 29.1 Å². The number of carbonyl (C=O) groups excluding carboxylic acids is 1. The molecule has 1 atom stereocenters. The van der Waals surface area contributed by atoms with Crippen LogP contribution in [0.15, 0.2) is 24.3 Å². The van der Waals surface area contributed by atoms with Crippen LogP contribution in [-0.2, 0) is 6.18 Å². The van der Waals surface area contributed by atoms with Crippen LogP contribution in [-0.4, -0.2) is 17.8 Å². The van der Waals surface area contributed by atoms with Gasteiger partial charge in [0, 0.05) is 6.54 Å². The summed E-state index contributed by atoms with van der Waals surface area (Å²) in [6, 6.07) is 4.69. The van der Waals surface area contributed by atoms with Gasteiger partial charge in [0.1, 0.15) is 0 Å². The predicted octanol–water partition coefficient (Wildman–Crippen LogP) is 3.84. The molecule has 1 aromatic rings. The van der Waals surface area contributed by atoms with Gasteiger partial charge in [-0.3, -0.25) is 4.79 Å². The lowest BCUT2D eigenvalue weighted by Gasteiger charge is -2.14. The third kappa shape index (κ3) is 4.74. The summed E-state index contributed by atoms with van der Waals surface area (Å²) in [5.41, 5.74) is -1.32. The Morgan fingerprint density at radius 3 is 2.58 bits per heavy atom. The average molecular weight is 294 g/mol. The number of nitrogens with one attached hydrogen (secondary N) is 1. The van der Waals surface area contributed by atoms with E-state index in [9.17, 15) is 18.0 Å². The predicted molar refractivity (Wildman–Crippen MR) is 68.3 cm³/mol. The van der Waals surface area contributed by atoms with E-state index < -0.39 is 17.6 Å². The van der Waals surface area contributed by atoms with Gasteiger partial charge >= 0.3 is 6.18 Å². The SMILES string of the molecule is CCCC(Cl)CNC(=O)c1ccccc1C(F)(F)F. The molecule has 106 valence electrons. The lowest BCUT2D eigenvalue weighted by atomic mass is 10.1. The maximum Gasteiger partial charge on any atom is 0.417 e. The molecule has 6 heteroatoms. The molecule has 0 aliphatic heterocycles. The van der Waals surface area contributed by atoms with Gasteiger partial charge in [-0.25, -0.2) is 0 Å². The molecular formula is C13H15ClF3NO. The van der Waals surface area contributed by atoms with Crippen LogP contribution >= 0.6 is 11.6 Å². The zero-order chi connectivity index (χ0) is 14.5. The first-order chi connectivity index (χ1) is 8.86. The Morgan fingerprint density at radius 2 is 2.00 bits per heavy atom. The molecule has 0 aromatic heterocycles. The molecule has 0 saturated heterocycles. The third-order valence-electron chi connectivity index (χ3n) is 2.56. The molecule has 19 heavy (non-hydrogen) atoms. The Kier molecular flexibility index (Phi) is 5.66. The van der Waals surface area contributed by atoms with Crippen LogP contribution in [0.4, 0.5) is 13.2 Å². The van der Waals surface area contributed by atoms with Crippen molar-refractivity contribution in [2.24, 2.45) is 0 Å². The lowest BCUT2D eigenvalue weighted by Crippen LogP contribution is -2.31. The quantitative estimate of drug-likeness (QED) is 0.821. The molecule has 0 heterocycles. The fraction of sp³-hybridized carbons (Fsp3) is 0.462. The van der Waals surface area contributed by atoms with Crippen molar-refractivity contribution in [2.45, 2.75) is 31.3 Å². The Bertz CT molecular complexity index is 434. The van der Waals surface area contributed by atoms with Crippen molar-refractivity contribution >= 4 is 17.5 Å². The van der Waals surface area contributed by atoms with Gasteiger partial charge in [0.05, 0.1) is 16.5 Å². The van der Waals surface area contributed by atoms with E-state index in [1.807, 2.05) is 6.92 Å². The Labute approximate surface area is 114 Å². The van der Waals surface area contributed by atoms with Crippen LogP contribution in [0.2, 0.25) is 0 Å². The van der Waals surface area contributed by atoms with Crippen LogP contribution in [0.25, 0.3) is 0 Å². The molecule has 1 unspecified atom stereocenters. The van der Waals surface area contributed by atoms with Crippen molar-refractivity contribution in [1.82, 2.24) is 5.32 Å². The normalized spacial score (nSPS) is 13.1. The number of halogens is 4. The number of rotatable bonds is 5. The summed E-state index contributed by atoms with van der Waals surface area (Å²) in [7, 11) is 0. The van der Waals surface area contributed by atoms with E-state index in [-0.39, 0.29) is 17.5 Å². The van der Waals surface area contributed by atoms with Crippen LogP contribution < -0.4 is 5.32 Å². The maximum atomic E-state index is 12.7. The minimum atomic E-state index is -4.54. The monoisotopic (exact) mass is 293 g/mol. The molecule has 0 saturated carbocycles. The van der Waals surface area contributed by atoms with Gasteiger partial charge in [0.15, 0.2) is 0 Å². The molecule has 0 bridgehead atoms. The van der Waals surface area contributed by atoms with E-state index in [2.05, 4.69) is 5.32 Å². The van der Waals surface area contributed by atoms with E-state index in [0.717, 1.165) is 18.6 Å². The zero-order valence-electron chi connectivity index (χ0n) is 10.4. The van der Waals surface area contributed by atoms with Crippen molar-refractivity contribution in [3.8, 4) is 0 Å². The fourth-order valence-electron chi connectivity index (χ4n) is 1.64. The molecule has 2 nitrogen and oxygen atoms in total. The fourth-order valence-corrected chi connectivity index (χ4v) is 1.94. The summed E-state index contributed by atoms with van der Waals surface area (Å²) in [4.78, 5) is 11.8. The average Bonchev–Trinajstić information content (AvgIpc) is 2.35. The Morgan fingerprint density at radius 1 is 1.37 bits per heavy atom. The standard InChI is InChI=1S/C13H15ClF3NO/c1-2-5-9(14)8-18-12(19)10-6-3-4-7-11(10)13(15,16)17/h3-4,6-7,9H,2,5,8H2,1H3,(H,18,19). The van der Waals surface area contributed by atoms with E-state index >= 15 is 0 Å². The highest BCUT2D eigenvalue weighted by atomic mass is 35.5. The van der Waals surface area contributed by atoms with Crippen molar-refractivity contribution in [1.29, 1.82) is 0 Å². The Balaban J connectivity index is 2.78. The van der Waals surface area contributed by atoms with Gasteiger partial charge < -0.3 is 5.32 Å². The number of hydrogen-bond donors (Lipinski definition) is 1. The molecule has 0 spiro atoms. The van der Waals surface area contributed by atoms with Crippen LogP contribution in [0.3, 0.4) is 0 Å². The maximum absolute atomic E-state index is 12.7. The summed E-state index contributed by atoms with van der Waals surface area (Å²) in [6.07, 6.45) is -3.00. The summed E-state index contributed by atoms with van der Waals surface area (Å²) in [5, 5.41) is 2.15. The van der Waals surface area contributed by atoms with E-state index in [1.54, 1.807) is 0 Å². The molecule has 1 amide bonds. The van der Waals surface area contributed by atoms with E-state index in [4.69, 9.17) is 11.6 Å². The molecule has 0 fully saturated rings. The summed E-state index contributed by atoms with van der Waals surface area (Å²) >= 11 is 5.91. The highest BCUT2D eigenvalue weighted by molar-refractivity contribution is 6.20. The van der Waals surface area contributed by atoms with Crippen molar-refractivity contribution in [3.05, 3.63) is 35.4 Å². The second-order valence-electron chi connectivity index (χ2n) is 4.14. The number of benzene rings is 1. The second kappa shape index (κ2) is 6.80. The van der Waals surface area contributed by atoms with Gasteiger partial charge in [-0.05, 0) is 18.6 Å². The summed E-state index contributed by atoms with van der Waals surface area (Å²) in [5.74, 6) is -0.755. The largest absolute Gasteiger partial charge is 0.417 e. The molecular weight excluding hydrogens is 279 g/mol. The van der Waals surface area contributed by atoms with Gasteiger partial charge in [-0.2, -0.15) is 13.2 Å². The minimum absolute atomic E-state index is 0.153. The molecule has 1 rings (SSSR count). The first-order valence-electron chi connectivity index (χ1n) is 5.94. The van der Waals surface area contributed by atoms with Crippen molar-refractivity contribution < 1.29 is 18.0 Å². The second-order valence-corrected chi connectivity index (χ2v) is 4.76. The van der Waals surface area contributed by atoms with Gasteiger partial charge in [0.25, 0.3) is 5.91 Å². The Hall–Kier alpha value is -1.23. The van der Waals surface area contributed by atoms with E-state index in [0.29, 0.717) is 6.42 Å². The number of carbonyl (C=O) groups is 1. The van der Waals surface area contributed by atoms with Gasteiger partial charge in [-0.15, -0.1) is 11.6 Å². The van der Waals surface area contributed by atoms with Crippen LogP contribution in [0, 0.1) is 0 Å². The molecule has 0 aliphatic carbocycles. The third-order valence-corrected chi connectivity index (χ3v) is 2.94. The first-order valence-corrected chi connectivity index (χ1v) is 6.38. The van der Waals surface area contributed by atoms with Gasteiger partial charge in [0.2, 0.25) is 0 Å². The highest BCUT2D eigenvalue weighted by Crippen LogP contribution is 2.31. The van der Waals surface area contributed by atoms with Crippen LogP contribution in [0.5, 0.6) is 0 Å². The van der Waals surface area contributed by atoms with E-state index in [1.165, 1.54) is 12.1 Å². The van der Waals surface area contributed by atoms with Crippen molar-refractivity contribution in [3.63, 3.8) is 0 Å². The molecule has 1 N–H and O–H groups in total. The van der Waals surface area contributed by atoms with Crippen molar-refractivity contribution in [2.75, 3.05) is 6.54 Å². The smallest absolute Gasteiger partial charge is 0.351 e. The summed E-state index contributed by atoms with van der Waals surface area (Å²) in [6.45, 7) is 2.09. The number of alkyl halides is 4. The lowest BCUT2D eigenvalue weighted by molar-refractivity contribution is -0.137. The minimum Gasteiger partial charge on any atom is -0.351 e.